The molecule has 0 aliphatic carbocycles. The van der Waals surface area contributed by atoms with Crippen molar-refractivity contribution in [2.24, 2.45) is 0 Å². The summed E-state index contributed by atoms with van der Waals surface area (Å²) in [6, 6.07) is 31.0. The molecular formula is C36H25F3N2O4. The molecule has 0 atom stereocenters. The second kappa shape index (κ2) is 12.0. The number of hydrogen-bond acceptors (Lipinski definition) is 4. The predicted molar refractivity (Wildman–Crippen MR) is 169 cm³/mol. The number of benzene rings is 6. The molecule has 0 aliphatic rings. The number of urea groups is 1. The van der Waals surface area contributed by atoms with Crippen LogP contribution in [0.25, 0.3) is 32.7 Å². The van der Waals surface area contributed by atoms with E-state index in [4.69, 9.17) is 4.74 Å². The van der Waals surface area contributed by atoms with E-state index < -0.39 is 17.8 Å². The summed E-state index contributed by atoms with van der Waals surface area (Å²) >= 11 is 0. The first-order valence-electron chi connectivity index (χ1n) is 13.9. The summed E-state index contributed by atoms with van der Waals surface area (Å²) in [5.41, 5.74) is 1.49. The molecule has 6 aromatic rings. The number of fused-ring (bicyclic) bond motifs is 2. The molecule has 6 nitrogen and oxygen atoms in total. The Morgan fingerprint density at radius 3 is 2.09 bits per heavy atom. The molecule has 45 heavy (non-hydrogen) atoms. The fourth-order valence-electron chi connectivity index (χ4n) is 5.30. The summed E-state index contributed by atoms with van der Waals surface area (Å²) in [6.45, 7) is 0.0855. The van der Waals surface area contributed by atoms with Gasteiger partial charge in [0.25, 0.3) is 0 Å². The van der Waals surface area contributed by atoms with Gasteiger partial charge in [0.05, 0.1) is 11.1 Å². The highest BCUT2D eigenvalue weighted by molar-refractivity contribution is 6.12. The van der Waals surface area contributed by atoms with E-state index in [9.17, 15) is 27.9 Å². The van der Waals surface area contributed by atoms with Crippen molar-refractivity contribution >= 4 is 45.2 Å². The average Bonchev–Trinajstić information content (AvgIpc) is 3.03. The lowest BCUT2D eigenvalue weighted by atomic mass is 9.90. The number of anilines is 2. The van der Waals surface area contributed by atoms with Crippen molar-refractivity contribution in [3.05, 3.63) is 132 Å². The van der Waals surface area contributed by atoms with Gasteiger partial charge in [0.15, 0.2) is 6.29 Å². The van der Waals surface area contributed by atoms with Crippen LogP contribution in [-0.4, -0.2) is 17.4 Å². The number of nitrogens with one attached hydrogen (secondary N) is 2. The summed E-state index contributed by atoms with van der Waals surface area (Å²) in [5.74, 6) is 0.320. The Morgan fingerprint density at radius 2 is 1.38 bits per heavy atom. The molecule has 3 N–H and O–H groups in total. The Morgan fingerprint density at radius 1 is 0.733 bits per heavy atom. The fraction of sp³-hybridized carbons (Fsp3) is 0.0556. The maximum atomic E-state index is 13.0. The third-order valence-electron chi connectivity index (χ3n) is 7.35. The molecule has 0 saturated carbocycles. The molecule has 0 heterocycles. The monoisotopic (exact) mass is 606 g/mol. The van der Waals surface area contributed by atoms with Gasteiger partial charge < -0.3 is 20.5 Å². The lowest BCUT2D eigenvalue weighted by molar-refractivity contribution is -0.137. The number of halogens is 3. The van der Waals surface area contributed by atoms with E-state index in [2.05, 4.69) is 10.6 Å². The quantitative estimate of drug-likeness (QED) is 0.158. The third-order valence-corrected chi connectivity index (χ3v) is 7.35. The Kier molecular flexibility index (Phi) is 7.83. The summed E-state index contributed by atoms with van der Waals surface area (Å²) in [7, 11) is 0. The van der Waals surface area contributed by atoms with Gasteiger partial charge in [-0.25, -0.2) is 4.79 Å². The Bertz CT molecular complexity index is 2070. The Hall–Kier alpha value is -5.83. The van der Waals surface area contributed by atoms with Gasteiger partial charge in [-0.05, 0) is 69.6 Å². The molecule has 0 unspecified atom stereocenters. The van der Waals surface area contributed by atoms with Crippen LogP contribution in [0.5, 0.6) is 11.5 Å². The zero-order valence-corrected chi connectivity index (χ0v) is 23.6. The molecule has 0 saturated heterocycles. The van der Waals surface area contributed by atoms with E-state index in [0.717, 1.165) is 33.7 Å². The maximum absolute atomic E-state index is 13.0. The topological polar surface area (TPSA) is 87.7 Å². The largest absolute Gasteiger partial charge is 0.507 e. The smallest absolute Gasteiger partial charge is 0.416 e. The SMILES string of the molecule is O=Cc1cc2ccccc2c(-c2c(OCc3cccc(NC(=O)Nc4cccc(C(F)(F)F)c4)c3)ccc3ccccc23)c1O. The van der Waals surface area contributed by atoms with Gasteiger partial charge in [0.1, 0.15) is 18.1 Å². The minimum Gasteiger partial charge on any atom is -0.507 e. The second-order valence-corrected chi connectivity index (χ2v) is 10.3. The molecule has 2 amide bonds. The minimum atomic E-state index is -4.53. The van der Waals surface area contributed by atoms with Crippen LogP contribution >= 0.6 is 0 Å². The number of aldehydes is 1. The number of hydrogen-bond donors (Lipinski definition) is 3. The standard InChI is InChI=1S/C36H25F3N2O4/c37-36(38,39)26-10-6-12-28(19-26)41-35(44)40-27-11-5-7-22(17-27)21-45-31-16-15-23-8-1-3-13-29(23)32(31)33-30-14-4-2-9-24(30)18-25(20-42)34(33)43/h1-20,43H,21H2,(H2,40,41,44). The highest BCUT2D eigenvalue weighted by Crippen LogP contribution is 2.46. The van der Waals surface area contributed by atoms with Crippen molar-refractivity contribution in [3.8, 4) is 22.6 Å². The van der Waals surface area contributed by atoms with Gasteiger partial charge in [0, 0.05) is 22.5 Å². The summed E-state index contributed by atoms with van der Waals surface area (Å²) in [6.07, 6.45) is -3.91. The minimum absolute atomic E-state index is 0.0000664. The zero-order chi connectivity index (χ0) is 31.6. The first-order valence-corrected chi connectivity index (χ1v) is 13.9. The van der Waals surface area contributed by atoms with Crippen molar-refractivity contribution in [2.75, 3.05) is 10.6 Å². The lowest BCUT2D eigenvalue weighted by Crippen LogP contribution is -2.20. The van der Waals surface area contributed by atoms with Gasteiger partial charge in [-0.15, -0.1) is 0 Å². The van der Waals surface area contributed by atoms with Crippen molar-refractivity contribution in [1.82, 2.24) is 0 Å². The molecule has 0 spiro atoms. The number of carbonyl (C=O) groups is 2. The fourth-order valence-corrected chi connectivity index (χ4v) is 5.30. The molecule has 9 heteroatoms. The van der Waals surface area contributed by atoms with Gasteiger partial charge in [0.2, 0.25) is 0 Å². The number of carbonyl (C=O) groups excluding carboxylic acids is 2. The van der Waals surface area contributed by atoms with Crippen LogP contribution in [0.15, 0.2) is 115 Å². The summed E-state index contributed by atoms with van der Waals surface area (Å²) in [5, 5.41) is 19.6. The number of phenols is 1. The maximum Gasteiger partial charge on any atom is 0.416 e. The molecule has 0 fully saturated rings. The molecule has 0 bridgehead atoms. The number of aromatic hydroxyl groups is 1. The summed E-state index contributed by atoms with van der Waals surface area (Å²) < 4.78 is 45.5. The van der Waals surface area contributed by atoms with Crippen LogP contribution in [0.3, 0.4) is 0 Å². The molecule has 0 radical (unpaired) electrons. The van der Waals surface area contributed by atoms with E-state index in [0.29, 0.717) is 34.4 Å². The molecule has 0 aliphatic heterocycles. The Labute approximate surface area is 255 Å². The van der Waals surface area contributed by atoms with Gasteiger partial charge >= 0.3 is 12.2 Å². The van der Waals surface area contributed by atoms with E-state index in [-0.39, 0.29) is 23.6 Å². The van der Waals surface area contributed by atoms with Crippen LogP contribution in [0.4, 0.5) is 29.3 Å². The first-order chi connectivity index (χ1) is 21.7. The Balaban J connectivity index is 1.29. The molecule has 0 aromatic heterocycles. The molecular weight excluding hydrogens is 581 g/mol. The molecule has 6 rings (SSSR count). The molecule has 6 aromatic carbocycles. The van der Waals surface area contributed by atoms with Gasteiger partial charge in [-0.2, -0.15) is 13.2 Å². The van der Waals surface area contributed by atoms with E-state index in [1.807, 2.05) is 60.7 Å². The third kappa shape index (κ3) is 6.14. The van der Waals surface area contributed by atoms with Crippen LogP contribution in [0.1, 0.15) is 21.5 Å². The second-order valence-electron chi connectivity index (χ2n) is 10.3. The molecule has 224 valence electrons. The highest BCUT2D eigenvalue weighted by atomic mass is 19.4. The number of rotatable bonds is 7. The van der Waals surface area contributed by atoms with Crippen LogP contribution < -0.4 is 15.4 Å². The van der Waals surface area contributed by atoms with E-state index in [1.54, 1.807) is 30.3 Å². The van der Waals surface area contributed by atoms with Crippen LogP contribution in [0, 0.1) is 0 Å². The van der Waals surface area contributed by atoms with Crippen molar-refractivity contribution in [2.45, 2.75) is 12.8 Å². The van der Waals surface area contributed by atoms with Gasteiger partial charge in [-0.1, -0.05) is 72.8 Å². The predicted octanol–water partition coefficient (Wildman–Crippen LogP) is 9.42. The van der Waals surface area contributed by atoms with Crippen LogP contribution in [-0.2, 0) is 12.8 Å². The van der Waals surface area contributed by atoms with Crippen LogP contribution in [0.2, 0.25) is 0 Å². The number of phenolic OH excluding ortho intramolecular Hbond substituents is 1. The highest BCUT2D eigenvalue weighted by Gasteiger charge is 2.30. The van der Waals surface area contributed by atoms with E-state index in [1.165, 1.54) is 12.1 Å². The van der Waals surface area contributed by atoms with E-state index >= 15 is 0 Å². The number of ether oxygens (including phenoxy) is 1. The summed E-state index contributed by atoms with van der Waals surface area (Å²) in [4.78, 5) is 24.5. The average molecular weight is 607 g/mol. The normalized spacial score (nSPS) is 11.4. The van der Waals surface area contributed by atoms with Crippen molar-refractivity contribution < 1.29 is 32.6 Å². The first kappa shape index (κ1) is 29.3. The van der Waals surface area contributed by atoms with Crippen molar-refractivity contribution in [3.63, 3.8) is 0 Å². The van der Waals surface area contributed by atoms with Crippen molar-refractivity contribution in [1.29, 1.82) is 0 Å². The number of amides is 2. The van der Waals surface area contributed by atoms with Gasteiger partial charge in [-0.3, -0.25) is 4.79 Å². The zero-order valence-electron chi connectivity index (χ0n) is 23.6. The lowest BCUT2D eigenvalue weighted by Gasteiger charge is -2.18. The number of alkyl halides is 3.